The molecule has 0 aromatic carbocycles. The molecule has 1 aromatic rings. The summed E-state index contributed by atoms with van der Waals surface area (Å²) in [6.07, 6.45) is 2.89. The average molecular weight is 284 g/mol. The van der Waals surface area contributed by atoms with Crippen LogP contribution in [0.25, 0.3) is 0 Å². The van der Waals surface area contributed by atoms with Crippen LogP contribution in [0.5, 0.6) is 0 Å². The van der Waals surface area contributed by atoms with Gasteiger partial charge in [-0.2, -0.15) is 4.31 Å². The molecule has 6 nitrogen and oxygen atoms in total. The van der Waals surface area contributed by atoms with E-state index < -0.39 is 16.0 Å². The van der Waals surface area contributed by atoms with Crippen LogP contribution in [0.1, 0.15) is 30.1 Å². The van der Waals surface area contributed by atoms with Crippen LogP contribution >= 0.6 is 0 Å². The Kier molecular flexibility index (Phi) is 3.86. The van der Waals surface area contributed by atoms with Crippen molar-refractivity contribution in [1.29, 1.82) is 0 Å². The predicted octanol–water partition coefficient (Wildman–Crippen LogP) is 1.20. The third kappa shape index (κ3) is 2.76. The molecule has 104 valence electrons. The third-order valence-corrected chi connectivity index (χ3v) is 5.19. The summed E-state index contributed by atoms with van der Waals surface area (Å²) in [6.45, 7) is 3.06. The molecule has 19 heavy (non-hydrogen) atoms. The van der Waals surface area contributed by atoms with Crippen LogP contribution < -0.4 is 0 Å². The molecule has 1 unspecified atom stereocenters. The Hall–Kier alpha value is -1.47. The quantitative estimate of drug-likeness (QED) is 0.897. The van der Waals surface area contributed by atoms with Crippen LogP contribution in [0.15, 0.2) is 23.4 Å². The maximum absolute atomic E-state index is 12.3. The molecule has 0 radical (unpaired) electrons. The highest BCUT2D eigenvalue weighted by Crippen LogP contribution is 2.25. The van der Waals surface area contributed by atoms with Gasteiger partial charge in [0.05, 0.1) is 5.56 Å². The average Bonchev–Trinajstić information content (AvgIpc) is 2.88. The predicted molar refractivity (Wildman–Crippen MR) is 68.4 cm³/mol. The van der Waals surface area contributed by atoms with Crippen molar-refractivity contribution >= 4 is 16.0 Å². The number of carbonyl (C=O) groups is 1. The van der Waals surface area contributed by atoms with Crippen LogP contribution in [0, 0.1) is 5.92 Å². The van der Waals surface area contributed by atoms with Crippen LogP contribution in [0.3, 0.4) is 0 Å². The van der Waals surface area contributed by atoms with Gasteiger partial charge in [-0.25, -0.2) is 18.2 Å². The summed E-state index contributed by atoms with van der Waals surface area (Å²) in [5, 5.41) is 8.67. The van der Waals surface area contributed by atoms with E-state index in [2.05, 4.69) is 4.98 Å². The Bertz CT molecular complexity index is 568. The number of hydrogen-bond acceptors (Lipinski definition) is 4. The lowest BCUT2D eigenvalue weighted by Crippen LogP contribution is -2.29. The maximum atomic E-state index is 12.3. The molecule has 1 aliphatic rings. The molecule has 1 saturated heterocycles. The minimum Gasteiger partial charge on any atom is -0.478 e. The second-order valence-corrected chi connectivity index (χ2v) is 6.50. The van der Waals surface area contributed by atoms with Crippen molar-refractivity contribution in [2.75, 3.05) is 13.1 Å². The minimum atomic E-state index is -3.59. The van der Waals surface area contributed by atoms with Gasteiger partial charge in [0, 0.05) is 19.3 Å². The molecule has 1 atom stereocenters. The van der Waals surface area contributed by atoms with Gasteiger partial charge in [0.2, 0.25) is 0 Å². The second-order valence-electron chi connectivity index (χ2n) is 4.62. The standard InChI is InChI=1S/C12H16N2O4S/c1-2-9-5-6-14(8-9)19(17,18)11-4-3-10(7-13-11)12(15)16/h3-4,7,9H,2,5-6,8H2,1H3,(H,15,16). The molecule has 0 spiro atoms. The molecule has 0 aliphatic carbocycles. The zero-order valence-corrected chi connectivity index (χ0v) is 11.4. The fraction of sp³-hybridized carbons (Fsp3) is 0.500. The van der Waals surface area contributed by atoms with Crippen LogP contribution in [-0.4, -0.2) is 41.9 Å². The van der Waals surface area contributed by atoms with Crippen molar-refractivity contribution in [3.63, 3.8) is 0 Å². The van der Waals surface area contributed by atoms with E-state index in [1.54, 1.807) is 0 Å². The van der Waals surface area contributed by atoms with Crippen LogP contribution in [-0.2, 0) is 10.0 Å². The minimum absolute atomic E-state index is 0.0215. The summed E-state index contributed by atoms with van der Waals surface area (Å²) >= 11 is 0. The number of sulfonamides is 1. The Morgan fingerprint density at radius 1 is 1.53 bits per heavy atom. The second kappa shape index (κ2) is 5.26. The van der Waals surface area contributed by atoms with Crippen molar-refractivity contribution in [2.24, 2.45) is 5.92 Å². The number of nitrogens with zero attached hydrogens (tertiary/aromatic N) is 2. The molecule has 1 fully saturated rings. The number of carboxylic acid groups (broad SMARTS) is 1. The van der Waals surface area contributed by atoms with E-state index in [1.165, 1.54) is 16.4 Å². The first kappa shape index (κ1) is 14.0. The van der Waals surface area contributed by atoms with Gasteiger partial charge in [-0.15, -0.1) is 0 Å². The Balaban J connectivity index is 2.22. The van der Waals surface area contributed by atoms with Crippen molar-refractivity contribution in [1.82, 2.24) is 9.29 Å². The maximum Gasteiger partial charge on any atom is 0.337 e. The highest BCUT2D eigenvalue weighted by molar-refractivity contribution is 7.89. The third-order valence-electron chi connectivity index (χ3n) is 3.41. The largest absolute Gasteiger partial charge is 0.478 e. The highest BCUT2D eigenvalue weighted by Gasteiger charge is 2.32. The van der Waals surface area contributed by atoms with Gasteiger partial charge in [0.25, 0.3) is 10.0 Å². The van der Waals surface area contributed by atoms with Crippen LogP contribution in [0.4, 0.5) is 0 Å². The van der Waals surface area contributed by atoms with Gasteiger partial charge in [-0.1, -0.05) is 13.3 Å². The lowest BCUT2D eigenvalue weighted by atomic mass is 10.1. The first-order valence-electron chi connectivity index (χ1n) is 6.14. The van der Waals surface area contributed by atoms with Crippen LogP contribution in [0.2, 0.25) is 0 Å². The lowest BCUT2D eigenvalue weighted by Gasteiger charge is -2.15. The zero-order valence-electron chi connectivity index (χ0n) is 10.6. The van der Waals surface area contributed by atoms with E-state index in [-0.39, 0.29) is 10.6 Å². The summed E-state index contributed by atoms with van der Waals surface area (Å²) in [7, 11) is -3.59. The zero-order chi connectivity index (χ0) is 14.0. The Morgan fingerprint density at radius 3 is 2.74 bits per heavy atom. The molecule has 0 amide bonds. The van der Waals surface area contributed by atoms with E-state index in [4.69, 9.17) is 5.11 Å². The topological polar surface area (TPSA) is 87.6 Å². The summed E-state index contributed by atoms with van der Waals surface area (Å²) in [5.41, 5.74) is -0.0215. The van der Waals surface area contributed by atoms with Gasteiger partial charge in [0.15, 0.2) is 5.03 Å². The normalized spacial score (nSPS) is 20.6. The number of aromatic nitrogens is 1. The van der Waals surface area contributed by atoms with Gasteiger partial charge in [-0.3, -0.25) is 0 Å². The van der Waals surface area contributed by atoms with E-state index in [1.807, 2.05) is 6.92 Å². The van der Waals surface area contributed by atoms with Gasteiger partial charge in [-0.05, 0) is 24.5 Å². The van der Waals surface area contributed by atoms with Crippen molar-refractivity contribution in [3.05, 3.63) is 23.9 Å². The molecular formula is C12H16N2O4S. The smallest absolute Gasteiger partial charge is 0.337 e. The molecule has 1 aromatic heterocycles. The molecule has 0 saturated carbocycles. The van der Waals surface area contributed by atoms with Gasteiger partial charge < -0.3 is 5.11 Å². The van der Waals surface area contributed by atoms with Gasteiger partial charge in [0.1, 0.15) is 0 Å². The number of aromatic carboxylic acids is 1. The molecule has 2 heterocycles. The first-order valence-corrected chi connectivity index (χ1v) is 7.58. The fourth-order valence-corrected chi connectivity index (χ4v) is 3.58. The summed E-state index contributed by atoms with van der Waals surface area (Å²) in [4.78, 5) is 14.5. The van der Waals surface area contributed by atoms with E-state index in [9.17, 15) is 13.2 Å². The summed E-state index contributed by atoms with van der Waals surface area (Å²) in [5.74, 6) is -0.725. The van der Waals surface area contributed by atoms with E-state index in [0.29, 0.717) is 19.0 Å². The van der Waals surface area contributed by atoms with E-state index >= 15 is 0 Å². The molecule has 1 N–H and O–H groups in total. The Morgan fingerprint density at radius 2 is 2.26 bits per heavy atom. The molecular weight excluding hydrogens is 268 g/mol. The molecule has 7 heteroatoms. The monoisotopic (exact) mass is 284 g/mol. The number of pyridine rings is 1. The van der Waals surface area contributed by atoms with Gasteiger partial charge >= 0.3 is 5.97 Å². The SMILES string of the molecule is CCC1CCN(S(=O)(=O)c2ccc(C(=O)O)cn2)C1. The number of carboxylic acids is 1. The molecule has 2 rings (SSSR count). The van der Waals surface area contributed by atoms with E-state index in [0.717, 1.165) is 19.0 Å². The molecule has 0 bridgehead atoms. The Labute approximate surface area is 112 Å². The fourth-order valence-electron chi connectivity index (χ4n) is 2.14. The number of hydrogen-bond donors (Lipinski definition) is 1. The summed E-state index contributed by atoms with van der Waals surface area (Å²) < 4.78 is 26.0. The van der Waals surface area contributed by atoms with Crippen molar-refractivity contribution in [3.8, 4) is 0 Å². The lowest BCUT2D eigenvalue weighted by molar-refractivity contribution is 0.0696. The highest BCUT2D eigenvalue weighted by atomic mass is 32.2. The summed E-state index contributed by atoms with van der Waals surface area (Å²) in [6, 6.07) is 2.51. The number of rotatable bonds is 4. The molecule has 1 aliphatic heterocycles. The van der Waals surface area contributed by atoms with Crippen molar-refractivity contribution in [2.45, 2.75) is 24.8 Å². The van der Waals surface area contributed by atoms with Crippen molar-refractivity contribution < 1.29 is 18.3 Å². The first-order chi connectivity index (χ1) is 8.95.